The number of primary amides is 1. The van der Waals surface area contributed by atoms with Gasteiger partial charge in [-0.15, -0.1) is 0 Å². The molecule has 20 heavy (non-hydrogen) atoms. The molecule has 0 unspecified atom stereocenters. The molecule has 0 aromatic heterocycles. The Morgan fingerprint density at radius 1 is 1.30 bits per heavy atom. The molecule has 5 nitrogen and oxygen atoms in total. The van der Waals surface area contributed by atoms with Gasteiger partial charge >= 0.3 is 6.03 Å². The lowest BCUT2D eigenvalue weighted by Crippen LogP contribution is -2.29. The van der Waals surface area contributed by atoms with Crippen LogP contribution in [0.4, 0.5) is 4.79 Å². The smallest absolute Gasteiger partial charge is 0.332 e. The molecule has 0 aliphatic heterocycles. The lowest BCUT2D eigenvalue weighted by molar-refractivity contribution is 0.249. The molecule has 0 saturated heterocycles. The SMILES string of the molecule is CCN(CC)CC/C(=N\NC(N)=O)c1ccc(Cl)cc1. The number of nitrogens with zero attached hydrogens (tertiary/aromatic N) is 2. The van der Waals surface area contributed by atoms with Crippen molar-refractivity contribution in [2.24, 2.45) is 10.8 Å². The predicted molar refractivity (Wildman–Crippen MR) is 83.1 cm³/mol. The van der Waals surface area contributed by atoms with Crippen molar-refractivity contribution in [1.29, 1.82) is 0 Å². The van der Waals surface area contributed by atoms with Crippen molar-refractivity contribution in [3.8, 4) is 0 Å². The Hall–Kier alpha value is -1.59. The van der Waals surface area contributed by atoms with E-state index in [9.17, 15) is 4.79 Å². The average Bonchev–Trinajstić information content (AvgIpc) is 2.44. The molecule has 2 amide bonds. The summed E-state index contributed by atoms with van der Waals surface area (Å²) in [6, 6.07) is 6.69. The number of nitrogens with one attached hydrogen (secondary N) is 1. The Bertz CT molecular complexity index is 455. The molecule has 1 aromatic rings. The van der Waals surface area contributed by atoms with E-state index >= 15 is 0 Å². The Balaban J connectivity index is 2.82. The number of rotatable bonds is 7. The van der Waals surface area contributed by atoms with Crippen molar-refractivity contribution in [3.05, 3.63) is 34.9 Å². The summed E-state index contributed by atoms with van der Waals surface area (Å²) in [5.74, 6) is 0. The van der Waals surface area contributed by atoms with Crippen molar-refractivity contribution >= 4 is 23.3 Å². The van der Waals surface area contributed by atoms with Crippen LogP contribution in [0.15, 0.2) is 29.4 Å². The van der Waals surface area contributed by atoms with Gasteiger partial charge < -0.3 is 10.6 Å². The molecule has 3 N–H and O–H groups in total. The van der Waals surface area contributed by atoms with Crippen LogP contribution in [0.25, 0.3) is 0 Å². The minimum atomic E-state index is -0.667. The van der Waals surface area contributed by atoms with E-state index in [1.165, 1.54) is 0 Å². The van der Waals surface area contributed by atoms with Crippen LogP contribution >= 0.6 is 11.6 Å². The van der Waals surface area contributed by atoms with Crippen molar-refractivity contribution in [2.75, 3.05) is 19.6 Å². The minimum Gasteiger partial charge on any atom is -0.350 e. The van der Waals surface area contributed by atoms with E-state index in [1.807, 2.05) is 12.1 Å². The summed E-state index contributed by atoms with van der Waals surface area (Å²) >= 11 is 5.88. The summed E-state index contributed by atoms with van der Waals surface area (Å²) in [5.41, 5.74) is 9.07. The fraction of sp³-hybridized carbons (Fsp3) is 0.429. The standard InChI is InChI=1S/C14H21ClN4O/c1-3-19(4-2)10-9-13(17-18-14(16)20)11-5-7-12(15)8-6-11/h5-8H,3-4,9-10H2,1-2H3,(H3,16,18,20)/b17-13+. The number of halogens is 1. The molecule has 0 aliphatic carbocycles. The van der Waals surface area contributed by atoms with Gasteiger partial charge in [-0.2, -0.15) is 5.10 Å². The van der Waals surface area contributed by atoms with E-state index in [2.05, 4.69) is 29.3 Å². The Morgan fingerprint density at radius 3 is 2.40 bits per heavy atom. The molecule has 0 atom stereocenters. The topological polar surface area (TPSA) is 70.7 Å². The number of urea groups is 1. The number of hydrogen-bond acceptors (Lipinski definition) is 3. The van der Waals surface area contributed by atoms with Crippen LogP contribution in [0.1, 0.15) is 25.8 Å². The van der Waals surface area contributed by atoms with Crippen LogP contribution in [0.5, 0.6) is 0 Å². The maximum Gasteiger partial charge on any atom is 0.332 e. The van der Waals surface area contributed by atoms with E-state index in [0.717, 1.165) is 37.3 Å². The summed E-state index contributed by atoms with van der Waals surface area (Å²) in [6.45, 7) is 7.06. The highest BCUT2D eigenvalue weighted by molar-refractivity contribution is 6.30. The van der Waals surface area contributed by atoms with Gasteiger partial charge in [-0.05, 0) is 30.8 Å². The molecular formula is C14H21ClN4O. The van der Waals surface area contributed by atoms with Crippen LogP contribution in [0, 0.1) is 0 Å². The largest absolute Gasteiger partial charge is 0.350 e. The van der Waals surface area contributed by atoms with Gasteiger partial charge in [0.15, 0.2) is 0 Å². The second-order valence-corrected chi connectivity index (χ2v) is 4.75. The second-order valence-electron chi connectivity index (χ2n) is 4.32. The zero-order valence-corrected chi connectivity index (χ0v) is 12.7. The summed E-state index contributed by atoms with van der Waals surface area (Å²) in [6.07, 6.45) is 0.726. The van der Waals surface area contributed by atoms with Crippen molar-refractivity contribution in [1.82, 2.24) is 10.3 Å². The van der Waals surface area contributed by atoms with Crippen LogP contribution < -0.4 is 11.2 Å². The quantitative estimate of drug-likeness (QED) is 0.599. The third kappa shape index (κ3) is 5.59. The molecule has 1 rings (SSSR count). The molecule has 0 aliphatic rings. The zero-order valence-electron chi connectivity index (χ0n) is 11.9. The molecule has 1 aromatic carbocycles. The minimum absolute atomic E-state index is 0.666. The van der Waals surface area contributed by atoms with E-state index in [-0.39, 0.29) is 0 Å². The van der Waals surface area contributed by atoms with E-state index < -0.39 is 6.03 Å². The van der Waals surface area contributed by atoms with Gasteiger partial charge in [-0.25, -0.2) is 10.2 Å². The molecule has 0 spiro atoms. The van der Waals surface area contributed by atoms with Gasteiger partial charge in [0.1, 0.15) is 0 Å². The van der Waals surface area contributed by atoms with Crippen molar-refractivity contribution < 1.29 is 4.79 Å². The molecule has 0 fully saturated rings. The third-order valence-corrected chi connectivity index (χ3v) is 3.29. The lowest BCUT2D eigenvalue weighted by Gasteiger charge is -2.18. The van der Waals surface area contributed by atoms with E-state index in [0.29, 0.717) is 5.02 Å². The van der Waals surface area contributed by atoms with Crippen LogP contribution in [-0.2, 0) is 0 Å². The van der Waals surface area contributed by atoms with Gasteiger partial charge in [-0.3, -0.25) is 0 Å². The molecule has 0 bridgehead atoms. The maximum atomic E-state index is 10.8. The van der Waals surface area contributed by atoms with Crippen molar-refractivity contribution in [3.63, 3.8) is 0 Å². The van der Waals surface area contributed by atoms with Crippen LogP contribution in [-0.4, -0.2) is 36.3 Å². The number of carbonyl (C=O) groups is 1. The highest BCUT2D eigenvalue weighted by Crippen LogP contribution is 2.12. The van der Waals surface area contributed by atoms with E-state index in [1.54, 1.807) is 12.1 Å². The number of hydrogen-bond donors (Lipinski definition) is 2. The molecule has 0 saturated carbocycles. The number of carbonyl (C=O) groups excluding carboxylic acids is 1. The molecular weight excluding hydrogens is 276 g/mol. The molecule has 0 radical (unpaired) electrons. The Morgan fingerprint density at radius 2 is 1.90 bits per heavy atom. The first-order valence-corrected chi connectivity index (χ1v) is 7.04. The highest BCUT2D eigenvalue weighted by Gasteiger charge is 2.07. The molecule has 110 valence electrons. The molecule has 0 heterocycles. The molecule has 6 heteroatoms. The number of nitrogens with two attached hydrogens (primary N) is 1. The zero-order chi connectivity index (χ0) is 15.0. The van der Waals surface area contributed by atoms with Gasteiger partial charge in [0, 0.05) is 18.0 Å². The van der Waals surface area contributed by atoms with Gasteiger partial charge in [0.05, 0.1) is 5.71 Å². The number of amides is 2. The first kappa shape index (κ1) is 16.5. The Labute approximate surface area is 124 Å². The first-order valence-electron chi connectivity index (χ1n) is 6.67. The van der Waals surface area contributed by atoms with Crippen molar-refractivity contribution in [2.45, 2.75) is 20.3 Å². The summed E-state index contributed by atoms with van der Waals surface area (Å²) in [4.78, 5) is 13.1. The van der Waals surface area contributed by atoms with E-state index in [4.69, 9.17) is 17.3 Å². The third-order valence-electron chi connectivity index (χ3n) is 3.04. The number of benzene rings is 1. The second kappa shape index (κ2) is 8.55. The van der Waals surface area contributed by atoms with Gasteiger partial charge in [0.25, 0.3) is 0 Å². The predicted octanol–water partition coefficient (Wildman–Crippen LogP) is 2.44. The average molecular weight is 297 g/mol. The summed E-state index contributed by atoms with van der Waals surface area (Å²) in [7, 11) is 0. The highest BCUT2D eigenvalue weighted by atomic mass is 35.5. The summed E-state index contributed by atoms with van der Waals surface area (Å²) in [5, 5.41) is 4.75. The first-order chi connectivity index (χ1) is 9.56. The van der Waals surface area contributed by atoms with Crippen LogP contribution in [0.2, 0.25) is 5.02 Å². The summed E-state index contributed by atoms with van der Waals surface area (Å²) < 4.78 is 0. The lowest BCUT2D eigenvalue weighted by atomic mass is 10.1. The maximum absolute atomic E-state index is 10.8. The van der Waals surface area contributed by atoms with Gasteiger partial charge in [0.2, 0.25) is 0 Å². The number of hydrazone groups is 1. The normalized spacial score (nSPS) is 11.7. The Kier molecular flexibility index (Phi) is 7.04. The fourth-order valence-corrected chi connectivity index (χ4v) is 1.96. The van der Waals surface area contributed by atoms with Crippen LogP contribution in [0.3, 0.4) is 0 Å². The monoisotopic (exact) mass is 296 g/mol. The van der Waals surface area contributed by atoms with Gasteiger partial charge in [-0.1, -0.05) is 37.6 Å². The fourth-order valence-electron chi connectivity index (χ4n) is 1.83.